The molecule has 2 rings (SSSR count). The lowest BCUT2D eigenvalue weighted by molar-refractivity contribution is 0.0765. The van der Waals surface area contributed by atoms with E-state index < -0.39 is 0 Å². The number of halogens is 1. The molecule has 0 bridgehead atoms. The topological polar surface area (TPSA) is 40.5 Å². The van der Waals surface area contributed by atoms with E-state index in [0.29, 0.717) is 31.0 Å². The van der Waals surface area contributed by atoms with Crippen LogP contribution >= 0.6 is 11.6 Å². The summed E-state index contributed by atoms with van der Waals surface area (Å²) in [6, 6.07) is 7.27. The molecule has 3 nitrogen and oxygen atoms in total. The number of amides is 1. The van der Waals surface area contributed by atoms with E-state index >= 15 is 0 Å². The molecule has 1 fully saturated rings. The predicted molar refractivity (Wildman–Crippen MR) is 62.5 cm³/mol. The number of aliphatic hydroxyl groups excluding tert-OH is 1. The summed E-state index contributed by atoms with van der Waals surface area (Å²) in [5.41, 5.74) is 1.66. The smallest absolute Gasteiger partial charge is 0.253 e. The maximum Gasteiger partial charge on any atom is 0.253 e. The van der Waals surface area contributed by atoms with Gasteiger partial charge in [0, 0.05) is 24.5 Å². The Bertz CT molecular complexity index is 377. The Hall–Kier alpha value is -1.06. The van der Waals surface area contributed by atoms with Crippen LogP contribution in [0.1, 0.15) is 22.3 Å². The second kappa shape index (κ2) is 4.85. The molecule has 1 aliphatic heterocycles. The van der Waals surface area contributed by atoms with Crippen LogP contribution in [0.5, 0.6) is 0 Å². The molecule has 1 amide bonds. The highest BCUT2D eigenvalue weighted by atomic mass is 35.5. The highest BCUT2D eigenvalue weighted by Gasteiger charge is 2.25. The van der Waals surface area contributed by atoms with Crippen molar-refractivity contribution in [1.29, 1.82) is 0 Å². The molecule has 0 saturated carbocycles. The van der Waals surface area contributed by atoms with Crippen molar-refractivity contribution < 1.29 is 9.90 Å². The van der Waals surface area contributed by atoms with E-state index in [-0.39, 0.29) is 12.0 Å². The van der Waals surface area contributed by atoms with Gasteiger partial charge in [-0.3, -0.25) is 4.79 Å². The van der Waals surface area contributed by atoms with Gasteiger partial charge in [-0.25, -0.2) is 0 Å². The highest BCUT2D eigenvalue weighted by molar-refractivity contribution is 6.17. The van der Waals surface area contributed by atoms with Crippen molar-refractivity contribution >= 4 is 17.5 Å². The fraction of sp³-hybridized carbons (Fsp3) is 0.417. The summed E-state index contributed by atoms with van der Waals surface area (Å²) in [7, 11) is 0. The van der Waals surface area contributed by atoms with Gasteiger partial charge >= 0.3 is 0 Å². The van der Waals surface area contributed by atoms with Crippen LogP contribution < -0.4 is 0 Å². The number of hydrogen-bond donors (Lipinski definition) is 1. The van der Waals surface area contributed by atoms with Crippen LogP contribution in [0.15, 0.2) is 24.3 Å². The third kappa shape index (κ3) is 2.36. The monoisotopic (exact) mass is 239 g/mol. The fourth-order valence-corrected chi connectivity index (χ4v) is 2.02. The van der Waals surface area contributed by atoms with Crippen LogP contribution in [0, 0.1) is 0 Å². The van der Waals surface area contributed by atoms with Gasteiger partial charge in [-0.15, -0.1) is 11.6 Å². The largest absolute Gasteiger partial charge is 0.391 e. The van der Waals surface area contributed by atoms with Crippen LogP contribution in [-0.4, -0.2) is 35.1 Å². The molecule has 86 valence electrons. The molecule has 0 aromatic heterocycles. The lowest BCUT2D eigenvalue weighted by atomic mass is 10.1. The lowest BCUT2D eigenvalue weighted by Gasteiger charge is -2.15. The molecule has 0 unspecified atom stereocenters. The van der Waals surface area contributed by atoms with Crippen molar-refractivity contribution in [3.05, 3.63) is 35.4 Å². The molecule has 0 spiro atoms. The fourth-order valence-electron chi connectivity index (χ4n) is 1.85. The van der Waals surface area contributed by atoms with Gasteiger partial charge < -0.3 is 10.0 Å². The molecule has 1 aromatic carbocycles. The summed E-state index contributed by atoms with van der Waals surface area (Å²) in [5.74, 6) is 0.439. The summed E-state index contributed by atoms with van der Waals surface area (Å²) in [6.07, 6.45) is 0.303. The summed E-state index contributed by atoms with van der Waals surface area (Å²) >= 11 is 5.68. The number of benzene rings is 1. The zero-order valence-electron chi connectivity index (χ0n) is 8.90. The zero-order chi connectivity index (χ0) is 11.5. The Morgan fingerprint density at radius 2 is 2.12 bits per heavy atom. The summed E-state index contributed by atoms with van der Waals surface area (Å²) < 4.78 is 0. The number of aliphatic hydroxyl groups is 1. The third-order valence-electron chi connectivity index (χ3n) is 2.81. The standard InChI is InChI=1S/C12H14ClNO2/c13-7-9-1-3-10(4-2-9)12(16)14-6-5-11(15)8-14/h1-4,11,15H,5-8H2/t11-/m0/s1. The molecule has 1 aromatic rings. The van der Waals surface area contributed by atoms with Crippen LogP contribution in [0.25, 0.3) is 0 Å². The minimum absolute atomic E-state index is 0.0160. The van der Waals surface area contributed by atoms with Crippen molar-refractivity contribution in [2.45, 2.75) is 18.4 Å². The zero-order valence-corrected chi connectivity index (χ0v) is 9.65. The second-order valence-electron chi connectivity index (χ2n) is 4.02. The summed E-state index contributed by atoms with van der Waals surface area (Å²) in [6.45, 7) is 1.08. The molecular formula is C12H14ClNO2. The minimum atomic E-state index is -0.369. The molecular weight excluding hydrogens is 226 g/mol. The molecule has 16 heavy (non-hydrogen) atoms. The number of carbonyl (C=O) groups is 1. The van der Waals surface area contributed by atoms with Gasteiger partial charge in [0.2, 0.25) is 0 Å². The number of likely N-dealkylation sites (tertiary alicyclic amines) is 1. The maximum absolute atomic E-state index is 12.0. The van der Waals surface area contributed by atoms with Crippen molar-refractivity contribution in [3.63, 3.8) is 0 Å². The first-order chi connectivity index (χ1) is 7.70. The molecule has 4 heteroatoms. The van der Waals surface area contributed by atoms with Gasteiger partial charge in [-0.1, -0.05) is 12.1 Å². The Morgan fingerprint density at radius 1 is 1.44 bits per heavy atom. The molecule has 1 atom stereocenters. The first-order valence-electron chi connectivity index (χ1n) is 5.33. The first kappa shape index (κ1) is 11.4. The lowest BCUT2D eigenvalue weighted by Crippen LogP contribution is -2.29. The second-order valence-corrected chi connectivity index (χ2v) is 4.29. The van der Waals surface area contributed by atoms with Gasteiger partial charge in [0.25, 0.3) is 5.91 Å². The molecule has 0 radical (unpaired) electrons. The van der Waals surface area contributed by atoms with Crippen molar-refractivity contribution in [2.24, 2.45) is 0 Å². The average molecular weight is 240 g/mol. The van der Waals surface area contributed by atoms with Gasteiger partial charge in [-0.05, 0) is 24.1 Å². The van der Waals surface area contributed by atoms with Gasteiger partial charge in [0.05, 0.1) is 6.10 Å². The number of hydrogen-bond acceptors (Lipinski definition) is 2. The molecule has 1 aliphatic rings. The Balaban J connectivity index is 2.08. The van der Waals surface area contributed by atoms with E-state index in [9.17, 15) is 9.90 Å². The van der Waals surface area contributed by atoms with Crippen molar-refractivity contribution in [1.82, 2.24) is 4.90 Å². The summed E-state index contributed by atoms with van der Waals surface area (Å²) in [5, 5.41) is 9.37. The van der Waals surface area contributed by atoms with Crippen LogP contribution in [-0.2, 0) is 5.88 Å². The normalized spacial score (nSPS) is 20.1. The third-order valence-corrected chi connectivity index (χ3v) is 3.11. The molecule has 1 saturated heterocycles. The number of alkyl halides is 1. The number of nitrogens with zero attached hydrogens (tertiary/aromatic N) is 1. The van der Waals surface area contributed by atoms with Gasteiger partial charge in [0.1, 0.15) is 0 Å². The molecule has 1 N–H and O–H groups in total. The van der Waals surface area contributed by atoms with E-state index in [1.165, 1.54) is 0 Å². The van der Waals surface area contributed by atoms with E-state index in [1.54, 1.807) is 17.0 Å². The quantitative estimate of drug-likeness (QED) is 0.797. The van der Waals surface area contributed by atoms with E-state index in [0.717, 1.165) is 5.56 Å². The van der Waals surface area contributed by atoms with Gasteiger partial charge in [0.15, 0.2) is 0 Å². The average Bonchev–Trinajstić information content (AvgIpc) is 2.75. The number of β-amino-alcohol motifs (C(OH)–C–C–N with tert-alkyl or cyclic N) is 1. The SMILES string of the molecule is O=C(c1ccc(CCl)cc1)N1CC[C@H](O)C1. The highest BCUT2D eigenvalue weighted by Crippen LogP contribution is 2.14. The predicted octanol–water partition coefficient (Wildman–Crippen LogP) is 1.63. The van der Waals surface area contributed by atoms with E-state index in [2.05, 4.69) is 0 Å². The van der Waals surface area contributed by atoms with Gasteiger partial charge in [-0.2, -0.15) is 0 Å². The first-order valence-corrected chi connectivity index (χ1v) is 5.86. The van der Waals surface area contributed by atoms with Crippen molar-refractivity contribution in [3.8, 4) is 0 Å². The maximum atomic E-state index is 12.0. The van der Waals surface area contributed by atoms with Crippen LogP contribution in [0.3, 0.4) is 0 Å². The Kier molecular flexibility index (Phi) is 3.46. The van der Waals surface area contributed by atoms with Crippen LogP contribution in [0.2, 0.25) is 0 Å². The van der Waals surface area contributed by atoms with Crippen LogP contribution in [0.4, 0.5) is 0 Å². The van der Waals surface area contributed by atoms with E-state index in [1.807, 2.05) is 12.1 Å². The Labute approximate surface area is 99.6 Å². The number of carbonyl (C=O) groups excluding carboxylic acids is 1. The Morgan fingerprint density at radius 3 is 2.62 bits per heavy atom. The number of rotatable bonds is 2. The van der Waals surface area contributed by atoms with E-state index in [4.69, 9.17) is 11.6 Å². The summed E-state index contributed by atoms with van der Waals surface area (Å²) in [4.78, 5) is 13.7. The van der Waals surface area contributed by atoms with Crippen molar-refractivity contribution in [2.75, 3.05) is 13.1 Å². The molecule has 1 heterocycles. The molecule has 0 aliphatic carbocycles. The minimum Gasteiger partial charge on any atom is -0.391 e.